The van der Waals surface area contributed by atoms with Gasteiger partial charge < -0.3 is 5.11 Å². The summed E-state index contributed by atoms with van der Waals surface area (Å²) >= 11 is 0. The summed E-state index contributed by atoms with van der Waals surface area (Å²) < 4.78 is 0. The molecular weight excluding hydrogens is 174 g/mol. The zero-order valence-electron chi connectivity index (χ0n) is 8.62. The molecule has 0 amide bonds. The highest BCUT2D eigenvalue weighted by Crippen LogP contribution is 2.22. The largest absolute Gasteiger partial charge is 0.388 e. The van der Waals surface area contributed by atoms with Crippen LogP contribution in [0.1, 0.15) is 35.6 Å². The van der Waals surface area contributed by atoms with Gasteiger partial charge in [-0.05, 0) is 31.4 Å². The van der Waals surface area contributed by atoms with E-state index in [1.165, 1.54) is 5.56 Å². The summed E-state index contributed by atoms with van der Waals surface area (Å²) in [6.07, 6.45) is 0.407. The second kappa shape index (κ2) is 4.78. The normalized spacial score (nSPS) is 12.1. The van der Waals surface area contributed by atoms with E-state index in [4.69, 9.17) is 5.26 Å². The van der Waals surface area contributed by atoms with Gasteiger partial charge in [0.25, 0.3) is 0 Å². The monoisotopic (exact) mass is 189 g/mol. The molecule has 0 fully saturated rings. The number of aryl methyl sites for hydroxylation is 2. The molecule has 0 bridgehead atoms. The summed E-state index contributed by atoms with van der Waals surface area (Å²) in [5.41, 5.74) is 3.22. The Bertz CT molecular complexity index is 352. The standard InChI is InChI=1S/C12H15NO/c1-9-5-6-11(10(2)8-9)12(14)4-3-7-13/h5-6,8,12,14H,3-4H2,1-2H3. The van der Waals surface area contributed by atoms with Gasteiger partial charge in [0.2, 0.25) is 0 Å². The fourth-order valence-electron chi connectivity index (χ4n) is 1.56. The molecule has 1 aromatic rings. The van der Waals surface area contributed by atoms with Gasteiger partial charge in [0, 0.05) is 6.42 Å². The maximum atomic E-state index is 9.77. The van der Waals surface area contributed by atoms with Crippen LogP contribution in [0.2, 0.25) is 0 Å². The van der Waals surface area contributed by atoms with E-state index < -0.39 is 6.10 Å². The maximum absolute atomic E-state index is 9.77. The van der Waals surface area contributed by atoms with Crippen molar-refractivity contribution in [3.63, 3.8) is 0 Å². The molecule has 14 heavy (non-hydrogen) atoms. The Kier molecular flexibility index (Phi) is 3.67. The van der Waals surface area contributed by atoms with Crippen LogP contribution in [-0.4, -0.2) is 5.11 Å². The quantitative estimate of drug-likeness (QED) is 0.794. The third-order valence-electron chi connectivity index (χ3n) is 2.31. The van der Waals surface area contributed by atoms with E-state index in [2.05, 4.69) is 0 Å². The number of nitrogens with zero attached hydrogens (tertiary/aromatic N) is 1. The lowest BCUT2D eigenvalue weighted by Gasteiger charge is -2.12. The SMILES string of the molecule is Cc1ccc(C(O)CCC#N)c(C)c1. The Balaban J connectivity index is 2.80. The number of hydrogen-bond donors (Lipinski definition) is 1. The molecule has 1 unspecified atom stereocenters. The second-order valence-electron chi connectivity index (χ2n) is 3.57. The number of hydrogen-bond acceptors (Lipinski definition) is 2. The van der Waals surface area contributed by atoms with Gasteiger partial charge in [-0.25, -0.2) is 0 Å². The van der Waals surface area contributed by atoms with Gasteiger partial charge in [-0.1, -0.05) is 23.8 Å². The second-order valence-corrected chi connectivity index (χ2v) is 3.57. The van der Waals surface area contributed by atoms with Gasteiger partial charge in [-0.2, -0.15) is 5.26 Å². The average Bonchev–Trinajstić information content (AvgIpc) is 2.14. The van der Waals surface area contributed by atoms with Crippen LogP contribution in [0.4, 0.5) is 0 Å². The fraction of sp³-hybridized carbons (Fsp3) is 0.417. The molecule has 74 valence electrons. The van der Waals surface area contributed by atoms with Gasteiger partial charge in [0.1, 0.15) is 0 Å². The highest BCUT2D eigenvalue weighted by atomic mass is 16.3. The lowest BCUT2D eigenvalue weighted by molar-refractivity contribution is 0.168. The van der Waals surface area contributed by atoms with Crippen molar-refractivity contribution < 1.29 is 5.11 Å². The minimum absolute atomic E-state index is 0.397. The molecule has 2 nitrogen and oxygen atoms in total. The molecule has 0 aromatic heterocycles. The van der Waals surface area contributed by atoms with Crippen molar-refractivity contribution in [2.45, 2.75) is 32.8 Å². The highest BCUT2D eigenvalue weighted by Gasteiger charge is 2.09. The van der Waals surface area contributed by atoms with Gasteiger partial charge >= 0.3 is 0 Å². The van der Waals surface area contributed by atoms with E-state index in [9.17, 15) is 5.11 Å². The van der Waals surface area contributed by atoms with E-state index in [0.717, 1.165) is 11.1 Å². The molecule has 0 aliphatic carbocycles. The molecule has 2 heteroatoms. The predicted molar refractivity (Wildman–Crippen MR) is 55.7 cm³/mol. The van der Waals surface area contributed by atoms with Crippen LogP contribution in [-0.2, 0) is 0 Å². The van der Waals surface area contributed by atoms with Crippen LogP contribution in [0.5, 0.6) is 0 Å². The van der Waals surface area contributed by atoms with Crippen molar-refractivity contribution in [1.82, 2.24) is 0 Å². The molecule has 1 N–H and O–H groups in total. The summed E-state index contributed by atoms with van der Waals surface area (Å²) in [5.74, 6) is 0. The van der Waals surface area contributed by atoms with Crippen LogP contribution >= 0.6 is 0 Å². The van der Waals surface area contributed by atoms with E-state index >= 15 is 0 Å². The first-order chi connectivity index (χ1) is 6.65. The first-order valence-corrected chi connectivity index (χ1v) is 4.77. The van der Waals surface area contributed by atoms with Crippen molar-refractivity contribution in [1.29, 1.82) is 5.26 Å². The van der Waals surface area contributed by atoms with Crippen molar-refractivity contribution >= 4 is 0 Å². The van der Waals surface area contributed by atoms with Crippen LogP contribution in [0.15, 0.2) is 18.2 Å². The van der Waals surface area contributed by atoms with E-state index in [1.54, 1.807) is 0 Å². The third-order valence-corrected chi connectivity index (χ3v) is 2.31. The lowest BCUT2D eigenvalue weighted by atomic mass is 9.98. The lowest BCUT2D eigenvalue weighted by Crippen LogP contribution is -1.99. The molecule has 1 rings (SSSR count). The van der Waals surface area contributed by atoms with E-state index in [1.807, 2.05) is 38.1 Å². The number of nitriles is 1. The molecule has 0 saturated carbocycles. The Morgan fingerprint density at radius 3 is 2.71 bits per heavy atom. The third kappa shape index (κ3) is 2.58. The molecular formula is C12H15NO. The first-order valence-electron chi connectivity index (χ1n) is 4.77. The molecule has 0 saturated heterocycles. The fourth-order valence-corrected chi connectivity index (χ4v) is 1.56. The average molecular weight is 189 g/mol. The summed E-state index contributed by atoms with van der Waals surface area (Å²) in [7, 11) is 0. The van der Waals surface area contributed by atoms with Gasteiger partial charge in [-0.15, -0.1) is 0 Å². The molecule has 0 aliphatic rings. The highest BCUT2D eigenvalue weighted by molar-refractivity contribution is 5.31. The molecule has 1 atom stereocenters. The Hall–Kier alpha value is -1.33. The topological polar surface area (TPSA) is 44.0 Å². The number of benzene rings is 1. The van der Waals surface area contributed by atoms with Crippen LogP contribution < -0.4 is 0 Å². The van der Waals surface area contributed by atoms with Crippen LogP contribution in [0, 0.1) is 25.2 Å². The van der Waals surface area contributed by atoms with Crippen molar-refractivity contribution in [3.8, 4) is 6.07 Å². The molecule has 1 aromatic carbocycles. The Morgan fingerprint density at radius 1 is 1.43 bits per heavy atom. The Morgan fingerprint density at radius 2 is 2.14 bits per heavy atom. The smallest absolute Gasteiger partial charge is 0.0802 e. The van der Waals surface area contributed by atoms with Crippen molar-refractivity contribution in [2.24, 2.45) is 0 Å². The molecule has 0 heterocycles. The summed E-state index contributed by atoms with van der Waals surface area (Å²) in [6.45, 7) is 4.01. The first kappa shape index (κ1) is 10.7. The van der Waals surface area contributed by atoms with Gasteiger partial charge in [-0.3, -0.25) is 0 Å². The summed E-state index contributed by atoms with van der Waals surface area (Å²) in [6, 6.07) is 8.01. The minimum Gasteiger partial charge on any atom is -0.388 e. The minimum atomic E-state index is -0.504. The number of rotatable bonds is 3. The molecule has 0 spiro atoms. The number of aliphatic hydroxyl groups excluding tert-OH is 1. The van der Waals surface area contributed by atoms with Crippen LogP contribution in [0.3, 0.4) is 0 Å². The zero-order valence-corrected chi connectivity index (χ0v) is 8.62. The molecule has 0 radical (unpaired) electrons. The molecule has 0 aliphatic heterocycles. The van der Waals surface area contributed by atoms with Crippen molar-refractivity contribution in [3.05, 3.63) is 34.9 Å². The van der Waals surface area contributed by atoms with Gasteiger partial charge in [0.05, 0.1) is 12.2 Å². The van der Waals surface area contributed by atoms with Crippen molar-refractivity contribution in [2.75, 3.05) is 0 Å². The summed E-state index contributed by atoms with van der Waals surface area (Å²) in [5, 5.41) is 18.2. The predicted octanol–water partition coefficient (Wildman–Crippen LogP) is 2.64. The number of aliphatic hydroxyl groups is 1. The van der Waals surface area contributed by atoms with E-state index in [0.29, 0.717) is 12.8 Å². The summed E-state index contributed by atoms with van der Waals surface area (Å²) in [4.78, 5) is 0. The van der Waals surface area contributed by atoms with Gasteiger partial charge in [0.15, 0.2) is 0 Å². The van der Waals surface area contributed by atoms with Crippen LogP contribution in [0.25, 0.3) is 0 Å². The Labute approximate surface area is 84.8 Å². The zero-order chi connectivity index (χ0) is 10.6. The maximum Gasteiger partial charge on any atom is 0.0802 e. The van der Waals surface area contributed by atoms with E-state index in [-0.39, 0.29) is 0 Å².